The molecule has 0 spiro atoms. The summed E-state index contributed by atoms with van der Waals surface area (Å²) in [5, 5.41) is 2.75. The summed E-state index contributed by atoms with van der Waals surface area (Å²) in [4.78, 5) is 10.9. The Morgan fingerprint density at radius 1 is 0.963 bits per heavy atom. The lowest BCUT2D eigenvalue weighted by molar-refractivity contribution is 0.590. The molecule has 4 nitrogen and oxygen atoms in total. The maximum Gasteiger partial charge on any atom is 0.149 e. The first-order chi connectivity index (χ1) is 12.9. The monoisotopic (exact) mass is 368 g/mol. The molecule has 0 bridgehead atoms. The topological polar surface area (TPSA) is 41.1 Å². The lowest BCUT2D eigenvalue weighted by Crippen LogP contribution is -2.31. The number of aryl methyl sites for hydroxylation is 1. The summed E-state index contributed by atoms with van der Waals surface area (Å²) in [6.45, 7) is 6.57. The van der Waals surface area contributed by atoms with Crippen molar-refractivity contribution in [1.29, 1.82) is 0 Å². The second kappa shape index (κ2) is 8.12. The second-order valence-electron chi connectivity index (χ2n) is 6.59. The van der Waals surface area contributed by atoms with Gasteiger partial charge in [0.15, 0.2) is 0 Å². The Kier molecular flexibility index (Phi) is 5.64. The summed E-state index contributed by atoms with van der Waals surface area (Å²) in [6, 6.07) is 15.7. The van der Waals surface area contributed by atoms with Crippen LogP contribution in [0.25, 0.3) is 0 Å². The number of benzene rings is 2. The zero-order valence-electron chi connectivity index (χ0n) is 15.6. The van der Waals surface area contributed by atoms with Gasteiger partial charge in [-0.2, -0.15) is 0 Å². The fourth-order valence-corrected chi connectivity index (χ4v) is 2.82. The van der Waals surface area contributed by atoms with E-state index in [4.69, 9.17) is 0 Å². The highest BCUT2D eigenvalue weighted by Crippen LogP contribution is 2.26. The van der Waals surface area contributed by atoms with Gasteiger partial charge in [0.1, 0.15) is 34.8 Å². The van der Waals surface area contributed by atoms with E-state index in [-0.39, 0.29) is 11.7 Å². The van der Waals surface area contributed by atoms with Crippen molar-refractivity contribution in [2.45, 2.75) is 33.4 Å². The lowest BCUT2D eigenvalue weighted by Gasteiger charge is -2.28. The van der Waals surface area contributed by atoms with Crippen molar-refractivity contribution < 1.29 is 8.78 Å². The predicted molar refractivity (Wildman–Crippen MR) is 104 cm³/mol. The van der Waals surface area contributed by atoms with Crippen molar-refractivity contribution in [3.05, 3.63) is 77.6 Å². The Morgan fingerprint density at radius 2 is 1.63 bits per heavy atom. The Bertz CT molecular complexity index is 893. The minimum atomic E-state index is -0.669. The van der Waals surface area contributed by atoms with E-state index in [1.165, 1.54) is 18.2 Å². The molecule has 0 aliphatic heterocycles. The number of halogens is 2. The molecule has 1 N–H and O–H groups in total. The van der Waals surface area contributed by atoms with Gasteiger partial charge < -0.3 is 10.2 Å². The van der Waals surface area contributed by atoms with Crippen molar-refractivity contribution in [2.75, 3.05) is 10.2 Å². The highest BCUT2D eigenvalue weighted by atomic mass is 19.1. The van der Waals surface area contributed by atoms with Crippen LogP contribution in [0.2, 0.25) is 0 Å². The van der Waals surface area contributed by atoms with Gasteiger partial charge in [0.25, 0.3) is 0 Å². The molecule has 0 saturated carbocycles. The average molecular weight is 368 g/mol. The first kappa shape index (κ1) is 18.8. The van der Waals surface area contributed by atoms with Gasteiger partial charge in [0, 0.05) is 18.7 Å². The third-order valence-corrected chi connectivity index (χ3v) is 4.15. The fourth-order valence-electron chi connectivity index (χ4n) is 2.82. The van der Waals surface area contributed by atoms with Crippen molar-refractivity contribution in [1.82, 2.24) is 9.97 Å². The SMILES string of the molecule is Cc1nc(Nc2c(F)cccc2F)cc(N(Cc2ccccc2)C(C)C)n1. The van der Waals surface area contributed by atoms with E-state index in [9.17, 15) is 8.78 Å². The molecular formula is C21H22F2N4. The summed E-state index contributed by atoms with van der Waals surface area (Å²) >= 11 is 0. The second-order valence-corrected chi connectivity index (χ2v) is 6.59. The number of aromatic nitrogens is 2. The van der Waals surface area contributed by atoms with Gasteiger partial charge in [-0.3, -0.25) is 0 Å². The molecule has 1 aromatic heterocycles. The maximum absolute atomic E-state index is 14.0. The van der Waals surface area contributed by atoms with Gasteiger partial charge in [0.2, 0.25) is 0 Å². The van der Waals surface area contributed by atoms with Crippen LogP contribution in [0.1, 0.15) is 25.2 Å². The molecule has 0 aliphatic rings. The van der Waals surface area contributed by atoms with E-state index in [0.29, 0.717) is 24.0 Å². The van der Waals surface area contributed by atoms with Crippen LogP contribution in [-0.4, -0.2) is 16.0 Å². The number of nitrogens with zero attached hydrogens (tertiary/aromatic N) is 3. The minimum absolute atomic E-state index is 0.178. The summed E-state index contributed by atoms with van der Waals surface area (Å²) in [5.41, 5.74) is 0.929. The Hall–Kier alpha value is -3.02. The number of hydrogen-bond donors (Lipinski definition) is 1. The van der Waals surface area contributed by atoms with Gasteiger partial charge >= 0.3 is 0 Å². The molecule has 27 heavy (non-hydrogen) atoms. The van der Waals surface area contributed by atoms with E-state index in [1.54, 1.807) is 13.0 Å². The predicted octanol–water partition coefficient (Wildman–Crippen LogP) is 5.22. The van der Waals surface area contributed by atoms with Crippen molar-refractivity contribution in [2.24, 2.45) is 0 Å². The fraction of sp³-hybridized carbons (Fsp3) is 0.238. The smallest absolute Gasteiger partial charge is 0.149 e. The molecule has 0 fully saturated rings. The van der Waals surface area contributed by atoms with Crippen LogP contribution in [0.4, 0.5) is 26.1 Å². The molecule has 3 rings (SSSR count). The van der Waals surface area contributed by atoms with Gasteiger partial charge in [-0.05, 0) is 38.5 Å². The van der Waals surface area contributed by atoms with E-state index in [1.807, 2.05) is 18.2 Å². The number of rotatable bonds is 6. The Labute approximate surface area is 157 Å². The van der Waals surface area contributed by atoms with Crippen LogP contribution in [0.15, 0.2) is 54.6 Å². The van der Waals surface area contributed by atoms with Crippen LogP contribution in [0.5, 0.6) is 0 Å². The molecule has 3 aromatic rings. The molecule has 0 aliphatic carbocycles. The van der Waals surface area contributed by atoms with Crippen molar-refractivity contribution in [3.8, 4) is 0 Å². The van der Waals surface area contributed by atoms with Crippen LogP contribution < -0.4 is 10.2 Å². The number of hydrogen-bond acceptors (Lipinski definition) is 4. The highest BCUT2D eigenvalue weighted by Gasteiger charge is 2.16. The molecule has 0 atom stereocenters. The minimum Gasteiger partial charge on any atom is -0.350 e. The summed E-state index contributed by atoms with van der Waals surface area (Å²) in [5.74, 6) is 0.224. The zero-order valence-corrected chi connectivity index (χ0v) is 15.6. The standard InChI is InChI=1S/C21H22F2N4/c1-14(2)27(13-16-8-5-4-6-9-16)20-12-19(24-15(3)25-20)26-21-17(22)10-7-11-18(21)23/h4-12,14H,13H2,1-3H3,(H,24,25,26). The highest BCUT2D eigenvalue weighted by molar-refractivity contribution is 5.61. The molecule has 0 amide bonds. The molecule has 1 heterocycles. The van der Waals surface area contributed by atoms with Crippen LogP contribution >= 0.6 is 0 Å². The largest absolute Gasteiger partial charge is 0.350 e. The van der Waals surface area contributed by atoms with E-state index < -0.39 is 11.6 Å². The van der Waals surface area contributed by atoms with Crippen molar-refractivity contribution in [3.63, 3.8) is 0 Å². The Morgan fingerprint density at radius 3 is 2.26 bits per heavy atom. The quantitative estimate of drug-likeness (QED) is 0.647. The van der Waals surface area contributed by atoms with Gasteiger partial charge in [-0.1, -0.05) is 36.4 Å². The molecular weight excluding hydrogens is 346 g/mol. The maximum atomic E-state index is 14.0. The zero-order chi connectivity index (χ0) is 19.4. The first-order valence-electron chi connectivity index (χ1n) is 8.81. The lowest BCUT2D eigenvalue weighted by atomic mass is 10.2. The molecule has 0 saturated heterocycles. The number of nitrogens with one attached hydrogen (secondary N) is 1. The van der Waals surface area contributed by atoms with Crippen LogP contribution in [-0.2, 0) is 6.54 Å². The number of anilines is 3. The van der Waals surface area contributed by atoms with Gasteiger partial charge in [-0.25, -0.2) is 18.7 Å². The normalized spacial score (nSPS) is 10.9. The van der Waals surface area contributed by atoms with Gasteiger partial charge in [0.05, 0.1) is 0 Å². The van der Waals surface area contributed by atoms with Crippen molar-refractivity contribution >= 4 is 17.3 Å². The molecule has 6 heteroatoms. The van der Waals surface area contributed by atoms with E-state index in [2.05, 4.69) is 46.2 Å². The third kappa shape index (κ3) is 4.58. The Balaban J connectivity index is 1.93. The van der Waals surface area contributed by atoms with Crippen LogP contribution in [0, 0.1) is 18.6 Å². The molecule has 0 radical (unpaired) electrons. The summed E-state index contributed by atoms with van der Waals surface area (Å²) < 4.78 is 27.9. The van der Waals surface area contributed by atoms with Crippen LogP contribution in [0.3, 0.4) is 0 Å². The number of para-hydroxylation sites is 1. The molecule has 140 valence electrons. The average Bonchev–Trinajstić information content (AvgIpc) is 2.63. The van der Waals surface area contributed by atoms with E-state index in [0.717, 1.165) is 5.56 Å². The molecule has 2 aromatic carbocycles. The summed E-state index contributed by atoms with van der Waals surface area (Å²) in [7, 11) is 0. The third-order valence-electron chi connectivity index (χ3n) is 4.15. The first-order valence-corrected chi connectivity index (χ1v) is 8.81. The summed E-state index contributed by atoms with van der Waals surface area (Å²) in [6.07, 6.45) is 0. The van der Waals surface area contributed by atoms with Gasteiger partial charge in [-0.15, -0.1) is 0 Å². The molecule has 0 unspecified atom stereocenters. The van der Waals surface area contributed by atoms with E-state index >= 15 is 0 Å².